The molecule has 0 aromatic carbocycles. The zero-order valence-electron chi connectivity index (χ0n) is 2.87. The van der Waals surface area contributed by atoms with Gasteiger partial charge in [0.25, 0.3) is 0 Å². The maximum atomic E-state index is 8.52. The van der Waals surface area contributed by atoms with Gasteiger partial charge in [0.2, 0.25) is 0 Å². The number of hydrogen-bond acceptors (Lipinski definition) is 4. The monoisotopic (exact) mass is 166 g/mol. The van der Waals surface area contributed by atoms with Crippen LogP contribution in [0.25, 0.3) is 0 Å². The van der Waals surface area contributed by atoms with Crippen molar-refractivity contribution < 1.29 is 40.8 Å². The fraction of sp³-hybridized carbons (Fsp3) is 0. The number of hydrogen-bond donors (Lipinski definition) is 0. The van der Waals surface area contributed by atoms with Gasteiger partial charge in [0, 0.05) is 29.0 Å². The Hall–Kier alpha value is 0.384. The maximum absolute atomic E-state index is 8.52. The van der Waals surface area contributed by atoms with E-state index >= 15 is 0 Å². The third-order valence-corrected chi connectivity index (χ3v) is 0. The molecule has 0 rings (SSSR count). The number of halogens is 1. The minimum absolute atomic E-state index is 0. The first-order chi connectivity index (χ1) is 2.00. The third kappa shape index (κ3) is 831. The summed E-state index contributed by atoms with van der Waals surface area (Å²) in [7, 11) is -5.17. The van der Waals surface area contributed by atoms with Gasteiger partial charge in [0.1, 0.15) is 0 Å². The molecule has 0 aliphatic carbocycles. The van der Waals surface area contributed by atoms with Crippen LogP contribution in [0.2, 0.25) is 0 Å². The molecule has 0 N–H and O–H groups in total. The molecule has 0 amide bonds. The van der Waals surface area contributed by atoms with Crippen molar-refractivity contribution in [3.05, 3.63) is 0 Å². The quantitative estimate of drug-likeness (QED) is 0.269. The summed E-state index contributed by atoms with van der Waals surface area (Å²) in [6.07, 6.45) is 0. The molecule has 4 nitrogen and oxygen atoms in total. The molecule has 7 heavy (non-hydrogen) atoms. The predicted molar refractivity (Wildman–Crippen MR) is 10.5 cm³/mol. The first-order valence-electron chi connectivity index (χ1n) is 0.667. The summed E-state index contributed by atoms with van der Waals surface area (Å²) in [6, 6.07) is 0. The SMILES string of the molecule is O=S(=O)([O-])[O-].[F-].[V]. The van der Waals surface area contributed by atoms with E-state index in [0.29, 0.717) is 0 Å². The van der Waals surface area contributed by atoms with Gasteiger partial charge in [-0.05, 0) is 0 Å². The predicted octanol–water partition coefficient (Wildman–Crippen LogP) is -4.34. The Kier molecular flexibility index (Phi) is 10.2. The fourth-order valence-electron chi connectivity index (χ4n) is 0. The summed E-state index contributed by atoms with van der Waals surface area (Å²) >= 11 is 0. The molecule has 0 aromatic heterocycles. The Morgan fingerprint density at radius 2 is 1.14 bits per heavy atom. The first-order valence-corrected chi connectivity index (χ1v) is 2.00. The van der Waals surface area contributed by atoms with Crippen LogP contribution in [-0.2, 0) is 29.0 Å². The van der Waals surface area contributed by atoms with E-state index in [0.717, 1.165) is 0 Å². The summed E-state index contributed by atoms with van der Waals surface area (Å²) in [5.41, 5.74) is 0. The van der Waals surface area contributed by atoms with Crippen LogP contribution in [0.1, 0.15) is 0 Å². The zero-order valence-corrected chi connectivity index (χ0v) is 5.08. The van der Waals surface area contributed by atoms with Crippen molar-refractivity contribution >= 4 is 10.4 Å². The van der Waals surface area contributed by atoms with Crippen LogP contribution in [0.5, 0.6) is 0 Å². The summed E-state index contributed by atoms with van der Waals surface area (Å²) in [5.74, 6) is 0. The largest absolute Gasteiger partial charge is 1.00 e. The van der Waals surface area contributed by atoms with Gasteiger partial charge >= 0.3 is 0 Å². The Balaban J connectivity index is -0.0000000800. The van der Waals surface area contributed by atoms with Crippen LogP contribution < -0.4 is 4.70 Å². The Morgan fingerprint density at radius 1 is 1.14 bits per heavy atom. The molecule has 0 fully saturated rings. The molecular formula is FO4SV-3. The third-order valence-electron chi connectivity index (χ3n) is 0. The first kappa shape index (κ1) is 15.7. The van der Waals surface area contributed by atoms with Crippen LogP contribution >= 0.6 is 0 Å². The van der Waals surface area contributed by atoms with Crippen LogP contribution in [0.4, 0.5) is 0 Å². The second-order valence-corrected chi connectivity index (χ2v) is 1.22. The molecule has 7 heteroatoms. The topological polar surface area (TPSA) is 80.3 Å². The summed E-state index contributed by atoms with van der Waals surface area (Å²) in [4.78, 5) is 0. The van der Waals surface area contributed by atoms with Crippen LogP contribution in [0.15, 0.2) is 0 Å². The Bertz CT molecular complexity index is 94.9. The summed E-state index contributed by atoms with van der Waals surface area (Å²) < 4.78 is 34.1. The van der Waals surface area contributed by atoms with Gasteiger partial charge in [-0.2, -0.15) is 0 Å². The second kappa shape index (κ2) is 4.54. The Morgan fingerprint density at radius 3 is 1.14 bits per heavy atom. The number of rotatable bonds is 0. The molecule has 0 aliphatic heterocycles. The van der Waals surface area contributed by atoms with E-state index in [1.165, 1.54) is 0 Å². The van der Waals surface area contributed by atoms with E-state index in [2.05, 4.69) is 0 Å². The van der Waals surface area contributed by atoms with Gasteiger partial charge in [-0.3, -0.25) is 8.42 Å². The van der Waals surface area contributed by atoms with Crippen molar-refractivity contribution in [2.45, 2.75) is 0 Å². The molecule has 0 spiro atoms. The molecule has 0 aromatic rings. The normalized spacial score (nSPS) is 8.29. The van der Waals surface area contributed by atoms with Gasteiger partial charge in [0.05, 0.1) is 0 Å². The standard InChI is InChI=1S/FH.H2O4S.V/c;1-5(2,3)4;/h1H;(H2,1,2,3,4);/p-3. The molecule has 0 saturated heterocycles. The van der Waals surface area contributed by atoms with Crippen molar-refractivity contribution in [3.8, 4) is 0 Å². The molecule has 0 saturated carbocycles. The van der Waals surface area contributed by atoms with Gasteiger partial charge in [-0.1, -0.05) is 0 Å². The van der Waals surface area contributed by atoms with Crippen LogP contribution in [-0.4, -0.2) is 17.5 Å². The van der Waals surface area contributed by atoms with E-state index in [4.69, 9.17) is 17.5 Å². The van der Waals surface area contributed by atoms with Crippen LogP contribution in [0, 0.1) is 0 Å². The maximum Gasteiger partial charge on any atom is 0.0311 e. The zero-order chi connectivity index (χ0) is 4.50. The molecule has 0 unspecified atom stereocenters. The van der Waals surface area contributed by atoms with E-state index in [9.17, 15) is 0 Å². The van der Waals surface area contributed by atoms with Gasteiger partial charge < -0.3 is 13.8 Å². The van der Waals surface area contributed by atoms with Crippen molar-refractivity contribution in [3.63, 3.8) is 0 Å². The fourth-order valence-corrected chi connectivity index (χ4v) is 0. The molecule has 1 radical (unpaired) electrons. The average Bonchev–Trinajstić information content (AvgIpc) is 0.722. The van der Waals surface area contributed by atoms with Gasteiger partial charge in [0.15, 0.2) is 0 Å². The second-order valence-electron chi connectivity index (χ2n) is 0.408. The van der Waals surface area contributed by atoms with Crippen molar-refractivity contribution in [1.82, 2.24) is 0 Å². The van der Waals surface area contributed by atoms with Crippen molar-refractivity contribution in [1.29, 1.82) is 0 Å². The molecular weight excluding hydrogens is 166 g/mol. The molecule has 0 bridgehead atoms. The smallest absolute Gasteiger partial charge is 0.0311 e. The van der Waals surface area contributed by atoms with Crippen molar-refractivity contribution in [2.75, 3.05) is 0 Å². The average molecular weight is 166 g/mol. The molecule has 0 heterocycles. The van der Waals surface area contributed by atoms with Crippen molar-refractivity contribution in [2.24, 2.45) is 0 Å². The van der Waals surface area contributed by atoms with E-state index in [-0.39, 0.29) is 23.3 Å². The van der Waals surface area contributed by atoms with E-state index in [1.807, 2.05) is 0 Å². The molecule has 45 valence electrons. The van der Waals surface area contributed by atoms with Gasteiger partial charge in [-0.25, -0.2) is 0 Å². The van der Waals surface area contributed by atoms with E-state index in [1.54, 1.807) is 0 Å². The molecule has 0 aliphatic rings. The molecule has 0 atom stereocenters. The summed E-state index contributed by atoms with van der Waals surface area (Å²) in [6.45, 7) is 0. The summed E-state index contributed by atoms with van der Waals surface area (Å²) in [5, 5.41) is 0. The minimum Gasteiger partial charge on any atom is -1.00 e. The minimum atomic E-state index is -5.17. The van der Waals surface area contributed by atoms with E-state index < -0.39 is 10.4 Å². The van der Waals surface area contributed by atoms with Crippen LogP contribution in [0.3, 0.4) is 0 Å². The van der Waals surface area contributed by atoms with Gasteiger partial charge in [-0.15, -0.1) is 0 Å². The Labute approximate surface area is 51.7 Å².